The summed E-state index contributed by atoms with van der Waals surface area (Å²) in [6, 6.07) is 15.9. The zero-order chi connectivity index (χ0) is 21.5. The van der Waals surface area contributed by atoms with Crippen LogP contribution in [0.5, 0.6) is 0 Å². The Labute approximate surface area is 185 Å². The lowest BCUT2D eigenvalue weighted by Crippen LogP contribution is -2.40. The minimum absolute atomic E-state index is 0.268. The van der Waals surface area contributed by atoms with Gasteiger partial charge in [-0.15, -0.1) is 11.3 Å². The molecule has 0 saturated carbocycles. The molecule has 1 fully saturated rings. The summed E-state index contributed by atoms with van der Waals surface area (Å²) >= 11 is 1.34. The Morgan fingerprint density at radius 2 is 1.87 bits per heavy atom. The van der Waals surface area contributed by atoms with Crippen LogP contribution >= 0.6 is 11.3 Å². The van der Waals surface area contributed by atoms with Crippen molar-refractivity contribution in [1.29, 1.82) is 0 Å². The average Bonchev–Trinajstić information content (AvgIpc) is 3.38. The van der Waals surface area contributed by atoms with Crippen LogP contribution < -0.4 is 15.5 Å². The Morgan fingerprint density at radius 3 is 2.55 bits per heavy atom. The highest BCUT2D eigenvalue weighted by molar-refractivity contribution is 7.12. The fourth-order valence-corrected chi connectivity index (χ4v) is 3.97. The molecule has 7 nitrogen and oxygen atoms in total. The van der Waals surface area contributed by atoms with E-state index in [1.807, 2.05) is 53.9 Å². The highest BCUT2D eigenvalue weighted by Gasteiger charge is 2.23. The summed E-state index contributed by atoms with van der Waals surface area (Å²) in [6.45, 7) is 3.39. The molecule has 2 amide bonds. The Balaban J connectivity index is 1.40. The number of morpholine rings is 1. The molecular formula is C23H24N4O3S. The van der Waals surface area contributed by atoms with Gasteiger partial charge in [-0.05, 0) is 28.6 Å². The molecule has 2 N–H and O–H groups in total. The predicted octanol–water partition coefficient (Wildman–Crippen LogP) is 2.77. The van der Waals surface area contributed by atoms with Crippen LogP contribution in [0.25, 0.3) is 0 Å². The van der Waals surface area contributed by atoms with Gasteiger partial charge in [-0.25, -0.2) is 4.98 Å². The van der Waals surface area contributed by atoms with Gasteiger partial charge >= 0.3 is 0 Å². The van der Waals surface area contributed by atoms with E-state index in [4.69, 9.17) is 4.74 Å². The van der Waals surface area contributed by atoms with Gasteiger partial charge in [0, 0.05) is 25.8 Å². The molecule has 160 valence electrons. The summed E-state index contributed by atoms with van der Waals surface area (Å²) < 4.78 is 5.37. The van der Waals surface area contributed by atoms with Crippen LogP contribution in [-0.2, 0) is 16.1 Å². The van der Waals surface area contributed by atoms with E-state index in [0.717, 1.165) is 30.0 Å². The minimum atomic E-state index is -0.781. The second-order valence-electron chi connectivity index (χ2n) is 7.14. The number of carbonyl (C=O) groups is 2. The average molecular weight is 437 g/mol. The molecule has 0 radical (unpaired) electrons. The summed E-state index contributed by atoms with van der Waals surface area (Å²) in [5, 5.41) is 7.61. The normalized spacial score (nSPS) is 14.6. The molecule has 1 unspecified atom stereocenters. The molecule has 1 saturated heterocycles. The molecule has 0 aliphatic carbocycles. The Bertz CT molecular complexity index is 987. The SMILES string of the molecule is O=C(NC(C(=O)NCc1ccc(N2CCOCC2)nc1)c1ccccc1)c1cccs1. The summed E-state index contributed by atoms with van der Waals surface area (Å²) in [7, 11) is 0. The van der Waals surface area contributed by atoms with Crippen molar-refractivity contribution in [3.63, 3.8) is 0 Å². The molecule has 1 aliphatic heterocycles. The van der Waals surface area contributed by atoms with Gasteiger partial charge < -0.3 is 20.3 Å². The number of hydrogen-bond donors (Lipinski definition) is 2. The third kappa shape index (κ3) is 5.48. The van der Waals surface area contributed by atoms with E-state index in [1.165, 1.54) is 11.3 Å². The second-order valence-corrected chi connectivity index (χ2v) is 8.08. The number of nitrogens with one attached hydrogen (secondary N) is 2. The summed E-state index contributed by atoms with van der Waals surface area (Å²) in [5.41, 5.74) is 1.62. The van der Waals surface area contributed by atoms with E-state index >= 15 is 0 Å². The zero-order valence-corrected chi connectivity index (χ0v) is 17.8. The first kappa shape index (κ1) is 21.0. The molecule has 3 heterocycles. The second kappa shape index (κ2) is 10.2. The molecule has 1 aliphatic rings. The quantitative estimate of drug-likeness (QED) is 0.595. The van der Waals surface area contributed by atoms with Crippen molar-refractivity contribution in [2.75, 3.05) is 31.2 Å². The van der Waals surface area contributed by atoms with Crippen LogP contribution in [0.4, 0.5) is 5.82 Å². The molecule has 31 heavy (non-hydrogen) atoms. The van der Waals surface area contributed by atoms with Crippen LogP contribution in [0.2, 0.25) is 0 Å². The Morgan fingerprint density at radius 1 is 1.06 bits per heavy atom. The number of amides is 2. The highest BCUT2D eigenvalue weighted by atomic mass is 32.1. The van der Waals surface area contributed by atoms with Crippen LogP contribution in [0, 0.1) is 0 Å². The number of thiophene rings is 1. The van der Waals surface area contributed by atoms with Gasteiger partial charge in [-0.1, -0.05) is 42.5 Å². The van der Waals surface area contributed by atoms with Gasteiger partial charge in [0.15, 0.2) is 0 Å². The maximum atomic E-state index is 13.0. The number of rotatable bonds is 7. The number of carbonyl (C=O) groups excluding carboxylic acids is 2. The lowest BCUT2D eigenvalue weighted by Gasteiger charge is -2.27. The van der Waals surface area contributed by atoms with Crippen molar-refractivity contribution < 1.29 is 14.3 Å². The third-order valence-corrected chi connectivity index (χ3v) is 5.90. The number of ether oxygens (including phenoxy) is 1. The maximum absolute atomic E-state index is 13.0. The maximum Gasteiger partial charge on any atom is 0.262 e. The van der Waals surface area contributed by atoms with Crippen molar-refractivity contribution in [2.45, 2.75) is 12.6 Å². The fraction of sp³-hybridized carbons (Fsp3) is 0.261. The topological polar surface area (TPSA) is 83.6 Å². The van der Waals surface area contributed by atoms with Crippen molar-refractivity contribution in [1.82, 2.24) is 15.6 Å². The predicted molar refractivity (Wildman–Crippen MR) is 120 cm³/mol. The largest absolute Gasteiger partial charge is 0.378 e. The molecule has 2 aromatic heterocycles. The van der Waals surface area contributed by atoms with Crippen LogP contribution in [0.3, 0.4) is 0 Å². The first-order chi connectivity index (χ1) is 15.2. The molecule has 0 spiro atoms. The van der Waals surface area contributed by atoms with E-state index in [1.54, 1.807) is 12.3 Å². The minimum Gasteiger partial charge on any atom is -0.378 e. The number of anilines is 1. The van der Waals surface area contributed by atoms with E-state index in [9.17, 15) is 9.59 Å². The van der Waals surface area contributed by atoms with Gasteiger partial charge in [0.05, 0.1) is 18.1 Å². The summed E-state index contributed by atoms with van der Waals surface area (Å²) in [6.07, 6.45) is 1.77. The summed E-state index contributed by atoms with van der Waals surface area (Å²) in [5.74, 6) is 0.368. The van der Waals surface area contributed by atoms with Crippen LogP contribution in [0.15, 0.2) is 66.2 Å². The monoisotopic (exact) mass is 436 g/mol. The van der Waals surface area contributed by atoms with E-state index in [0.29, 0.717) is 24.6 Å². The first-order valence-electron chi connectivity index (χ1n) is 10.2. The van der Waals surface area contributed by atoms with Gasteiger partial charge in [-0.3, -0.25) is 9.59 Å². The lowest BCUT2D eigenvalue weighted by molar-refractivity contribution is -0.123. The zero-order valence-electron chi connectivity index (χ0n) is 17.0. The summed E-state index contributed by atoms with van der Waals surface area (Å²) in [4.78, 5) is 32.8. The fourth-order valence-electron chi connectivity index (χ4n) is 3.35. The van der Waals surface area contributed by atoms with Crippen LogP contribution in [0.1, 0.15) is 26.8 Å². The molecule has 0 bridgehead atoms. The van der Waals surface area contributed by atoms with Crippen LogP contribution in [-0.4, -0.2) is 43.1 Å². The van der Waals surface area contributed by atoms with Gasteiger partial charge in [0.2, 0.25) is 5.91 Å². The first-order valence-corrected chi connectivity index (χ1v) is 11.0. The van der Waals surface area contributed by atoms with E-state index in [2.05, 4.69) is 20.5 Å². The standard InChI is InChI=1S/C23H24N4O3S/c28-22(19-7-4-14-31-19)26-21(18-5-2-1-3-6-18)23(29)25-16-17-8-9-20(24-15-17)27-10-12-30-13-11-27/h1-9,14-15,21H,10-13,16H2,(H,25,29)(H,26,28). The van der Waals surface area contributed by atoms with Crippen molar-refractivity contribution in [3.8, 4) is 0 Å². The number of pyridine rings is 1. The number of aromatic nitrogens is 1. The number of nitrogens with zero attached hydrogens (tertiary/aromatic N) is 2. The molecular weight excluding hydrogens is 412 g/mol. The van der Waals surface area contributed by atoms with E-state index < -0.39 is 6.04 Å². The van der Waals surface area contributed by atoms with Gasteiger partial charge in [0.1, 0.15) is 11.9 Å². The third-order valence-electron chi connectivity index (χ3n) is 5.03. The number of benzene rings is 1. The number of hydrogen-bond acceptors (Lipinski definition) is 6. The lowest BCUT2D eigenvalue weighted by atomic mass is 10.1. The molecule has 3 aromatic rings. The van der Waals surface area contributed by atoms with Crippen molar-refractivity contribution >= 4 is 29.0 Å². The molecule has 8 heteroatoms. The Kier molecular flexibility index (Phi) is 6.91. The van der Waals surface area contributed by atoms with Crippen molar-refractivity contribution in [2.24, 2.45) is 0 Å². The highest BCUT2D eigenvalue weighted by Crippen LogP contribution is 2.17. The van der Waals surface area contributed by atoms with Gasteiger partial charge in [-0.2, -0.15) is 0 Å². The molecule has 1 aromatic carbocycles. The smallest absolute Gasteiger partial charge is 0.262 e. The molecule has 1 atom stereocenters. The van der Waals surface area contributed by atoms with Gasteiger partial charge in [0.25, 0.3) is 5.91 Å². The molecule has 4 rings (SSSR count). The Hall–Kier alpha value is -3.23. The van der Waals surface area contributed by atoms with E-state index in [-0.39, 0.29) is 11.8 Å². The van der Waals surface area contributed by atoms with Crippen molar-refractivity contribution in [3.05, 3.63) is 82.2 Å².